The van der Waals surface area contributed by atoms with Crippen LogP contribution in [0.25, 0.3) is 10.9 Å². The molecule has 1 aromatic carbocycles. The van der Waals surface area contributed by atoms with Crippen LogP contribution in [0.4, 0.5) is 0 Å². The largest absolute Gasteiger partial charge is 0.478 e. The van der Waals surface area contributed by atoms with Gasteiger partial charge in [0.25, 0.3) is 5.56 Å². The summed E-state index contributed by atoms with van der Waals surface area (Å²) in [5.41, 5.74) is 1.36. The third kappa shape index (κ3) is 1.86. The lowest BCUT2D eigenvalue weighted by Crippen LogP contribution is -2.16. The highest BCUT2D eigenvalue weighted by atomic mass is 79.9. The minimum atomic E-state index is -1.09. The molecule has 1 aromatic heterocycles. The summed E-state index contributed by atoms with van der Waals surface area (Å²) < 4.78 is 0.687. The summed E-state index contributed by atoms with van der Waals surface area (Å²) in [7, 11) is 0. The number of benzene rings is 1. The van der Waals surface area contributed by atoms with Gasteiger partial charge in [-0.1, -0.05) is 0 Å². The molecule has 0 aliphatic heterocycles. The zero-order chi connectivity index (χ0) is 12.7. The van der Waals surface area contributed by atoms with Crippen LogP contribution >= 0.6 is 15.9 Å². The maximum Gasteiger partial charge on any atom is 0.336 e. The number of rotatable bonds is 1. The van der Waals surface area contributed by atoms with Crippen LogP contribution in [0.3, 0.4) is 0 Å². The molecule has 4 nitrogen and oxygen atoms in total. The first-order valence-corrected chi connectivity index (χ1v) is 5.77. The van der Waals surface area contributed by atoms with Crippen LogP contribution in [0.1, 0.15) is 21.5 Å². The third-order valence-corrected chi connectivity index (χ3v) is 3.30. The van der Waals surface area contributed by atoms with E-state index in [-0.39, 0.29) is 16.7 Å². The zero-order valence-corrected chi connectivity index (χ0v) is 10.9. The molecule has 0 atom stereocenters. The summed E-state index contributed by atoms with van der Waals surface area (Å²) in [4.78, 5) is 25.6. The number of carboxylic acid groups (broad SMARTS) is 1. The summed E-state index contributed by atoms with van der Waals surface area (Å²) in [6, 6.07) is 3.59. The Labute approximate surface area is 105 Å². The Bertz CT molecular complexity index is 688. The first-order valence-electron chi connectivity index (χ1n) is 4.98. The Hall–Kier alpha value is -1.62. The number of pyridine rings is 1. The lowest BCUT2D eigenvalue weighted by molar-refractivity contribution is 0.0698. The first-order chi connectivity index (χ1) is 7.91. The second-order valence-corrected chi connectivity index (χ2v) is 4.78. The highest BCUT2D eigenvalue weighted by Crippen LogP contribution is 2.26. The molecule has 0 spiro atoms. The smallest absolute Gasteiger partial charge is 0.336 e. The highest BCUT2D eigenvalue weighted by Gasteiger charge is 2.16. The van der Waals surface area contributed by atoms with Crippen LogP contribution < -0.4 is 5.56 Å². The average molecular weight is 296 g/mol. The number of carboxylic acids is 1. The van der Waals surface area contributed by atoms with Crippen LogP contribution in [0.2, 0.25) is 0 Å². The second-order valence-electron chi connectivity index (χ2n) is 3.93. The van der Waals surface area contributed by atoms with Gasteiger partial charge in [0.2, 0.25) is 0 Å². The average Bonchev–Trinajstić information content (AvgIpc) is 2.20. The van der Waals surface area contributed by atoms with Gasteiger partial charge in [0.15, 0.2) is 0 Å². The van der Waals surface area contributed by atoms with Crippen molar-refractivity contribution in [2.24, 2.45) is 0 Å². The van der Waals surface area contributed by atoms with E-state index in [4.69, 9.17) is 0 Å². The van der Waals surface area contributed by atoms with E-state index in [2.05, 4.69) is 20.9 Å². The van der Waals surface area contributed by atoms with Crippen LogP contribution in [-0.4, -0.2) is 16.1 Å². The van der Waals surface area contributed by atoms with Crippen molar-refractivity contribution in [3.8, 4) is 0 Å². The number of aromatic nitrogens is 1. The Morgan fingerprint density at radius 2 is 2.00 bits per heavy atom. The molecule has 0 bridgehead atoms. The predicted octanol–water partition coefficient (Wildman–Crippen LogP) is 2.61. The second kappa shape index (κ2) is 4.00. The van der Waals surface area contributed by atoms with Crippen molar-refractivity contribution < 1.29 is 9.90 Å². The molecule has 0 saturated heterocycles. The van der Waals surface area contributed by atoms with E-state index in [0.717, 1.165) is 5.56 Å². The van der Waals surface area contributed by atoms with Crippen molar-refractivity contribution in [2.45, 2.75) is 13.8 Å². The van der Waals surface area contributed by atoms with Gasteiger partial charge in [0, 0.05) is 15.4 Å². The molecule has 2 rings (SSSR count). The number of nitrogens with one attached hydrogen (secondary N) is 1. The van der Waals surface area contributed by atoms with Crippen molar-refractivity contribution >= 4 is 32.8 Å². The quantitative estimate of drug-likeness (QED) is 0.849. The van der Waals surface area contributed by atoms with Crippen molar-refractivity contribution in [3.63, 3.8) is 0 Å². The number of aromatic carboxylic acids is 1. The Kier molecular flexibility index (Phi) is 2.79. The fourth-order valence-corrected chi connectivity index (χ4v) is 2.54. The molecule has 0 aliphatic carbocycles. The molecule has 2 N–H and O–H groups in total. The zero-order valence-electron chi connectivity index (χ0n) is 9.30. The van der Waals surface area contributed by atoms with E-state index in [1.54, 1.807) is 6.07 Å². The number of carbonyl (C=O) groups is 1. The number of hydrogen-bond donors (Lipinski definition) is 2. The molecule has 5 heteroatoms. The van der Waals surface area contributed by atoms with Gasteiger partial charge in [-0.25, -0.2) is 4.79 Å². The van der Waals surface area contributed by atoms with Crippen LogP contribution in [0.15, 0.2) is 21.4 Å². The van der Waals surface area contributed by atoms with E-state index < -0.39 is 5.97 Å². The molecule has 2 aromatic rings. The van der Waals surface area contributed by atoms with Crippen LogP contribution in [-0.2, 0) is 0 Å². The number of H-pyrrole nitrogens is 1. The topological polar surface area (TPSA) is 70.2 Å². The summed E-state index contributed by atoms with van der Waals surface area (Å²) in [6.45, 7) is 3.38. The standard InChI is InChI=1S/C12H10BrNO3/c1-5-3-7-9(12(16)17)6(2)11(15)14-10(7)8(13)4-5/h3-4H,1-2H3,(H,14,15)(H,16,17). The SMILES string of the molecule is Cc1cc(Br)c2[nH]c(=O)c(C)c(C(=O)O)c2c1. The van der Waals surface area contributed by atoms with E-state index in [1.807, 2.05) is 13.0 Å². The molecule has 0 radical (unpaired) electrons. The van der Waals surface area contributed by atoms with Crippen molar-refractivity contribution in [2.75, 3.05) is 0 Å². The molecule has 0 saturated carbocycles. The number of fused-ring (bicyclic) bond motifs is 1. The van der Waals surface area contributed by atoms with Crippen LogP contribution in [0.5, 0.6) is 0 Å². The lowest BCUT2D eigenvalue weighted by atomic mass is 10.0. The number of aryl methyl sites for hydroxylation is 1. The molecule has 0 amide bonds. The van der Waals surface area contributed by atoms with Crippen molar-refractivity contribution in [1.82, 2.24) is 4.98 Å². The Balaban J connectivity index is 3.09. The predicted molar refractivity (Wildman–Crippen MR) is 68.7 cm³/mol. The molecule has 1 heterocycles. The van der Waals surface area contributed by atoms with Gasteiger partial charge < -0.3 is 10.1 Å². The first kappa shape index (κ1) is 11.9. The minimum Gasteiger partial charge on any atom is -0.478 e. The molecular formula is C12H10BrNO3. The van der Waals surface area contributed by atoms with E-state index in [1.165, 1.54) is 6.92 Å². The number of halogens is 1. The lowest BCUT2D eigenvalue weighted by Gasteiger charge is -2.08. The minimum absolute atomic E-state index is 0.0631. The van der Waals surface area contributed by atoms with Crippen LogP contribution in [0, 0.1) is 13.8 Å². The fourth-order valence-electron chi connectivity index (χ4n) is 1.86. The fraction of sp³-hybridized carbons (Fsp3) is 0.167. The monoisotopic (exact) mass is 295 g/mol. The van der Waals surface area contributed by atoms with Crippen molar-refractivity contribution in [1.29, 1.82) is 0 Å². The van der Waals surface area contributed by atoms with Gasteiger partial charge >= 0.3 is 5.97 Å². The third-order valence-electron chi connectivity index (χ3n) is 2.67. The molecule has 17 heavy (non-hydrogen) atoms. The molecule has 0 fully saturated rings. The summed E-state index contributed by atoms with van der Waals surface area (Å²) in [5.74, 6) is -1.09. The molecule has 0 unspecified atom stereocenters. The summed E-state index contributed by atoms with van der Waals surface area (Å²) in [5, 5.41) is 9.74. The maximum absolute atomic E-state index is 11.7. The van der Waals surface area contributed by atoms with Gasteiger partial charge in [0.05, 0.1) is 11.1 Å². The number of aromatic amines is 1. The van der Waals surface area contributed by atoms with E-state index >= 15 is 0 Å². The van der Waals surface area contributed by atoms with Gasteiger partial charge in [-0.2, -0.15) is 0 Å². The summed E-state index contributed by atoms with van der Waals surface area (Å²) >= 11 is 3.33. The normalized spacial score (nSPS) is 10.8. The van der Waals surface area contributed by atoms with Gasteiger partial charge in [-0.3, -0.25) is 4.79 Å². The molecule has 0 aliphatic rings. The van der Waals surface area contributed by atoms with Gasteiger partial charge in [0.1, 0.15) is 0 Å². The van der Waals surface area contributed by atoms with Crippen molar-refractivity contribution in [3.05, 3.63) is 43.6 Å². The van der Waals surface area contributed by atoms with Gasteiger partial charge in [-0.15, -0.1) is 0 Å². The molecular weight excluding hydrogens is 286 g/mol. The summed E-state index contributed by atoms with van der Waals surface area (Å²) in [6.07, 6.45) is 0. The van der Waals surface area contributed by atoms with E-state index in [0.29, 0.717) is 15.4 Å². The van der Waals surface area contributed by atoms with E-state index in [9.17, 15) is 14.7 Å². The van der Waals surface area contributed by atoms with Gasteiger partial charge in [-0.05, 0) is 47.5 Å². The Morgan fingerprint density at radius 1 is 1.35 bits per heavy atom. The maximum atomic E-state index is 11.7. The molecule has 88 valence electrons. The number of hydrogen-bond acceptors (Lipinski definition) is 2. The Morgan fingerprint density at radius 3 is 2.59 bits per heavy atom. The highest BCUT2D eigenvalue weighted by molar-refractivity contribution is 9.10.